The fourth-order valence-corrected chi connectivity index (χ4v) is 4.77. The van der Waals surface area contributed by atoms with Gasteiger partial charge in [-0.3, -0.25) is 9.55 Å². The zero-order valence-corrected chi connectivity index (χ0v) is 22.0. The Morgan fingerprint density at radius 1 is 0.775 bits per heavy atom. The number of aliphatic hydroxyl groups is 1. The fraction of sp³-hybridized carbons (Fsp3) is 0.0909. The predicted octanol–water partition coefficient (Wildman–Crippen LogP) is 6.72. The number of rotatable bonds is 8. The van der Waals surface area contributed by atoms with E-state index in [9.17, 15) is 5.11 Å². The second-order valence-electron chi connectivity index (χ2n) is 9.46. The van der Waals surface area contributed by atoms with Crippen LogP contribution in [0.2, 0.25) is 0 Å². The Hall–Kier alpha value is -5.14. The van der Waals surface area contributed by atoms with Crippen LogP contribution < -0.4 is 5.32 Å². The van der Waals surface area contributed by atoms with Gasteiger partial charge in [-0.2, -0.15) is 4.98 Å². The first-order valence-electron chi connectivity index (χ1n) is 13.1. The second kappa shape index (κ2) is 11.3. The summed E-state index contributed by atoms with van der Waals surface area (Å²) < 4.78 is 1.97. The summed E-state index contributed by atoms with van der Waals surface area (Å²) in [7, 11) is 0. The molecule has 3 heterocycles. The Morgan fingerprint density at radius 2 is 1.55 bits per heavy atom. The third-order valence-corrected chi connectivity index (χ3v) is 6.84. The van der Waals surface area contributed by atoms with Crippen LogP contribution in [0.1, 0.15) is 24.1 Å². The lowest BCUT2D eigenvalue weighted by atomic mass is 10.0. The lowest BCUT2D eigenvalue weighted by molar-refractivity contribution is 0.282. The van der Waals surface area contributed by atoms with Crippen LogP contribution in [0, 0.1) is 0 Å². The summed E-state index contributed by atoms with van der Waals surface area (Å²) in [6.45, 7) is 2.00. The largest absolute Gasteiger partial charge is 0.392 e. The van der Waals surface area contributed by atoms with Crippen LogP contribution in [0.5, 0.6) is 0 Å². The molecule has 0 spiro atoms. The lowest BCUT2D eigenvalue weighted by Crippen LogP contribution is -2.12. The molecule has 6 rings (SSSR count). The topological polar surface area (TPSA) is 88.8 Å². The van der Waals surface area contributed by atoms with E-state index < -0.39 is 0 Å². The molecule has 7 heteroatoms. The van der Waals surface area contributed by atoms with Gasteiger partial charge in [-0.15, -0.1) is 0 Å². The molecule has 2 N–H and O–H groups in total. The third-order valence-electron chi connectivity index (χ3n) is 6.84. The molecule has 0 saturated carbocycles. The first-order valence-corrected chi connectivity index (χ1v) is 13.1. The van der Waals surface area contributed by atoms with E-state index in [0.29, 0.717) is 17.5 Å². The number of benzene rings is 3. The number of nitrogens with zero attached hydrogens (tertiary/aromatic N) is 5. The quantitative estimate of drug-likeness (QED) is 0.230. The second-order valence-corrected chi connectivity index (χ2v) is 9.46. The highest BCUT2D eigenvalue weighted by Gasteiger charge is 2.16. The molecule has 3 aromatic heterocycles. The summed E-state index contributed by atoms with van der Waals surface area (Å²) in [4.78, 5) is 18.6. The number of anilines is 1. The maximum atomic E-state index is 10.0. The molecule has 0 aliphatic rings. The lowest BCUT2D eigenvalue weighted by Gasteiger charge is -2.17. The molecule has 3 aromatic carbocycles. The molecule has 0 saturated heterocycles. The summed E-state index contributed by atoms with van der Waals surface area (Å²) in [5.41, 5.74) is 6.61. The van der Waals surface area contributed by atoms with E-state index in [-0.39, 0.29) is 12.6 Å². The van der Waals surface area contributed by atoms with Gasteiger partial charge < -0.3 is 10.4 Å². The molecular formula is C33H28N6O. The minimum absolute atomic E-state index is 0.0170. The van der Waals surface area contributed by atoms with Crippen molar-refractivity contribution in [3.05, 3.63) is 133 Å². The summed E-state index contributed by atoms with van der Waals surface area (Å²) in [6, 6.07) is 32.1. The summed E-state index contributed by atoms with van der Waals surface area (Å²) in [5, 5.41) is 13.5. The minimum Gasteiger partial charge on any atom is -0.392 e. The number of hydrogen-bond donors (Lipinski definition) is 2. The monoisotopic (exact) mass is 524 g/mol. The Labute approximate surface area is 232 Å². The highest BCUT2D eigenvalue weighted by atomic mass is 16.3. The summed E-state index contributed by atoms with van der Waals surface area (Å²) in [5.74, 6) is 1.92. The molecule has 0 aliphatic carbocycles. The van der Waals surface area contributed by atoms with Gasteiger partial charge in [0.2, 0.25) is 5.95 Å². The van der Waals surface area contributed by atoms with Crippen LogP contribution in [0.15, 0.2) is 122 Å². The van der Waals surface area contributed by atoms with Crippen molar-refractivity contribution in [3.63, 3.8) is 0 Å². The number of aliphatic hydroxyl groups excluding tert-OH is 1. The first-order chi connectivity index (χ1) is 19.7. The maximum Gasteiger partial charge on any atom is 0.225 e. The standard InChI is InChI=1S/C33H28N6O/c1-23(24-8-3-2-4-9-24)36-33-37-30(29-13-6-5-10-28(29)22-40)21-31(38-33)39-19-18-35-32(39)27-12-7-11-26(20-27)25-14-16-34-17-15-25/h2-21,23,40H,22H2,1H3,(H,36,37,38)/t23-/m0/s1. The van der Waals surface area contributed by atoms with Gasteiger partial charge in [0.25, 0.3) is 0 Å². The number of nitrogens with one attached hydrogen (secondary N) is 1. The van der Waals surface area contributed by atoms with Crippen LogP contribution in [0.25, 0.3) is 39.6 Å². The van der Waals surface area contributed by atoms with Gasteiger partial charge in [0, 0.05) is 42.0 Å². The number of hydrogen-bond acceptors (Lipinski definition) is 6. The van der Waals surface area contributed by atoms with Gasteiger partial charge in [-0.05, 0) is 47.4 Å². The van der Waals surface area contributed by atoms with E-state index in [1.165, 1.54) is 0 Å². The van der Waals surface area contributed by atoms with Crippen molar-refractivity contribution in [1.82, 2.24) is 24.5 Å². The van der Waals surface area contributed by atoms with Crippen LogP contribution in [-0.4, -0.2) is 29.6 Å². The van der Waals surface area contributed by atoms with Crippen LogP contribution >= 0.6 is 0 Å². The van der Waals surface area contributed by atoms with Crippen molar-refractivity contribution >= 4 is 5.95 Å². The van der Waals surface area contributed by atoms with E-state index in [2.05, 4.69) is 41.5 Å². The first kappa shape index (κ1) is 25.2. The normalized spacial score (nSPS) is 11.8. The molecule has 6 aromatic rings. The van der Waals surface area contributed by atoms with Crippen molar-refractivity contribution in [2.45, 2.75) is 19.6 Å². The van der Waals surface area contributed by atoms with Gasteiger partial charge in [0.15, 0.2) is 0 Å². The third kappa shape index (κ3) is 5.23. The number of aromatic nitrogens is 5. The minimum atomic E-state index is -0.0865. The van der Waals surface area contributed by atoms with Gasteiger partial charge in [0.05, 0.1) is 18.3 Å². The average molecular weight is 525 g/mol. The van der Waals surface area contributed by atoms with Crippen molar-refractivity contribution < 1.29 is 5.11 Å². The van der Waals surface area contributed by atoms with Gasteiger partial charge >= 0.3 is 0 Å². The van der Waals surface area contributed by atoms with Crippen LogP contribution in [0.3, 0.4) is 0 Å². The van der Waals surface area contributed by atoms with E-state index in [1.807, 2.05) is 83.6 Å². The maximum absolute atomic E-state index is 10.0. The molecule has 0 amide bonds. The van der Waals surface area contributed by atoms with Crippen LogP contribution in [0.4, 0.5) is 5.95 Å². The highest BCUT2D eigenvalue weighted by molar-refractivity contribution is 5.71. The van der Waals surface area contributed by atoms with Crippen molar-refractivity contribution in [1.29, 1.82) is 0 Å². The van der Waals surface area contributed by atoms with Crippen molar-refractivity contribution in [2.24, 2.45) is 0 Å². The number of imidazole rings is 1. The smallest absolute Gasteiger partial charge is 0.225 e. The van der Waals surface area contributed by atoms with Crippen molar-refractivity contribution in [2.75, 3.05) is 5.32 Å². The molecule has 0 bridgehead atoms. The molecule has 0 radical (unpaired) electrons. The molecule has 0 aliphatic heterocycles. The zero-order chi connectivity index (χ0) is 27.3. The van der Waals surface area contributed by atoms with Gasteiger partial charge in [-0.25, -0.2) is 9.97 Å². The predicted molar refractivity (Wildman–Crippen MR) is 158 cm³/mol. The summed E-state index contributed by atoms with van der Waals surface area (Å²) in [6.07, 6.45) is 7.27. The SMILES string of the molecule is C[C@H](Nc1nc(-c2ccccc2CO)cc(-n2ccnc2-c2cccc(-c3ccncc3)c2)n1)c1ccccc1. The summed E-state index contributed by atoms with van der Waals surface area (Å²) >= 11 is 0. The molecule has 7 nitrogen and oxygen atoms in total. The Kier molecular flexibility index (Phi) is 7.11. The number of pyridine rings is 1. The highest BCUT2D eigenvalue weighted by Crippen LogP contribution is 2.30. The molecule has 1 atom stereocenters. The molecule has 40 heavy (non-hydrogen) atoms. The van der Waals surface area contributed by atoms with Gasteiger partial charge in [0.1, 0.15) is 11.6 Å². The van der Waals surface area contributed by atoms with E-state index in [0.717, 1.165) is 39.2 Å². The van der Waals surface area contributed by atoms with E-state index in [1.54, 1.807) is 18.6 Å². The molecule has 0 fully saturated rings. The zero-order valence-electron chi connectivity index (χ0n) is 22.0. The van der Waals surface area contributed by atoms with Crippen molar-refractivity contribution in [3.8, 4) is 39.6 Å². The fourth-order valence-electron chi connectivity index (χ4n) is 4.77. The Balaban J connectivity index is 1.45. The molecular weight excluding hydrogens is 496 g/mol. The average Bonchev–Trinajstić information content (AvgIpc) is 3.52. The van der Waals surface area contributed by atoms with E-state index in [4.69, 9.17) is 15.0 Å². The van der Waals surface area contributed by atoms with Crippen LogP contribution in [-0.2, 0) is 6.61 Å². The van der Waals surface area contributed by atoms with E-state index >= 15 is 0 Å². The Morgan fingerprint density at radius 3 is 2.38 bits per heavy atom. The van der Waals surface area contributed by atoms with Gasteiger partial charge in [-0.1, -0.05) is 72.8 Å². The molecule has 196 valence electrons. The molecule has 0 unspecified atom stereocenters. The Bertz CT molecular complexity index is 1730.